The number of hydrogen-bond acceptors (Lipinski definition) is 4. The van der Waals surface area contributed by atoms with E-state index >= 15 is 0 Å². The molecule has 0 radical (unpaired) electrons. The van der Waals surface area contributed by atoms with Crippen LogP contribution in [0, 0.1) is 0 Å². The molecule has 0 atom stereocenters. The lowest BCUT2D eigenvalue weighted by molar-refractivity contribution is 0.0697. The fourth-order valence-corrected chi connectivity index (χ4v) is 1.14. The lowest BCUT2D eigenvalue weighted by atomic mass is 10.2. The van der Waals surface area contributed by atoms with Crippen LogP contribution < -0.4 is 0 Å². The molecule has 6 heteroatoms. The van der Waals surface area contributed by atoms with Crippen LogP contribution in [0.5, 0.6) is 0 Å². The van der Waals surface area contributed by atoms with Crippen LogP contribution >= 0.6 is 0 Å². The number of carboxylic acid groups (broad SMARTS) is 1. The van der Waals surface area contributed by atoms with E-state index in [4.69, 9.17) is 9.63 Å². The van der Waals surface area contributed by atoms with Crippen LogP contribution in [0.4, 0.5) is 0 Å². The summed E-state index contributed by atoms with van der Waals surface area (Å²) < 4.78 is 6.50. The third-order valence-corrected chi connectivity index (χ3v) is 1.83. The lowest BCUT2D eigenvalue weighted by Gasteiger charge is -1.96. The van der Waals surface area contributed by atoms with E-state index in [-0.39, 0.29) is 11.3 Å². The van der Waals surface area contributed by atoms with Crippen LogP contribution in [0.2, 0.25) is 0 Å². The van der Waals surface area contributed by atoms with Crippen molar-refractivity contribution < 1.29 is 14.4 Å². The van der Waals surface area contributed by atoms with Crippen molar-refractivity contribution >= 4 is 5.97 Å². The normalized spacial score (nSPS) is 10.4. The Bertz CT molecular complexity index is 472. The number of nitrogens with zero attached hydrogens (tertiary/aromatic N) is 3. The molecule has 2 heterocycles. The van der Waals surface area contributed by atoms with Gasteiger partial charge < -0.3 is 14.2 Å². The van der Waals surface area contributed by atoms with Gasteiger partial charge in [0.15, 0.2) is 5.82 Å². The highest BCUT2D eigenvalue weighted by Crippen LogP contribution is 2.20. The minimum absolute atomic E-state index is 0.0132. The first-order valence-electron chi connectivity index (χ1n) is 3.86. The van der Waals surface area contributed by atoms with Gasteiger partial charge >= 0.3 is 5.97 Å². The summed E-state index contributed by atoms with van der Waals surface area (Å²) in [7, 11) is 1.75. The van der Waals surface area contributed by atoms with Crippen molar-refractivity contribution in [3.63, 3.8) is 0 Å². The zero-order valence-electron chi connectivity index (χ0n) is 7.34. The van der Waals surface area contributed by atoms with Crippen molar-refractivity contribution in [1.29, 1.82) is 0 Å². The number of aryl methyl sites for hydroxylation is 1. The zero-order valence-corrected chi connectivity index (χ0v) is 7.34. The topological polar surface area (TPSA) is 81.2 Å². The number of hydrogen-bond donors (Lipinski definition) is 1. The summed E-state index contributed by atoms with van der Waals surface area (Å²) in [5, 5.41) is 12.2. The molecule has 1 N–H and O–H groups in total. The first-order chi connectivity index (χ1) is 6.70. The van der Waals surface area contributed by atoms with E-state index in [1.165, 1.54) is 0 Å². The molecule has 0 saturated heterocycles. The van der Waals surface area contributed by atoms with Crippen LogP contribution in [-0.2, 0) is 7.05 Å². The summed E-state index contributed by atoms with van der Waals surface area (Å²) in [6.45, 7) is 0. The van der Waals surface area contributed by atoms with E-state index in [0.29, 0.717) is 5.82 Å². The predicted octanol–water partition coefficient (Wildman–Crippen LogP) is 0.773. The van der Waals surface area contributed by atoms with Gasteiger partial charge in [0.25, 0.3) is 0 Å². The Hall–Kier alpha value is -2.11. The van der Waals surface area contributed by atoms with Gasteiger partial charge in [-0.1, -0.05) is 5.16 Å². The van der Waals surface area contributed by atoms with Crippen molar-refractivity contribution in [2.24, 2.45) is 7.05 Å². The van der Waals surface area contributed by atoms with E-state index in [1.54, 1.807) is 24.0 Å². The monoisotopic (exact) mass is 193 g/mol. The molecule has 0 fully saturated rings. The fourth-order valence-electron chi connectivity index (χ4n) is 1.14. The van der Waals surface area contributed by atoms with Gasteiger partial charge in [0.05, 0.1) is 6.20 Å². The Labute approximate surface area is 78.8 Å². The lowest BCUT2D eigenvalue weighted by Crippen LogP contribution is -1.99. The zero-order chi connectivity index (χ0) is 10.1. The molecule has 0 aromatic carbocycles. The average molecular weight is 193 g/mol. The Balaban J connectivity index is 2.57. The molecule has 0 aliphatic carbocycles. The second kappa shape index (κ2) is 2.99. The molecular weight excluding hydrogens is 186 g/mol. The molecule has 6 nitrogen and oxygen atoms in total. The van der Waals surface area contributed by atoms with Gasteiger partial charge in [0, 0.05) is 19.4 Å². The molecule has 0 saturated carbocycles. The van der Waals surface area contributed by atoms with Gasteiger partial charge in [-0.15, -0.1) is 0 Å². The molecule has 72 valence electrons. The minimum Gasteiger partial charge on any atom is -0.477 e. The summed E-state index contributed by atoms with van der Waals surface area (Å²) in [4.78, 5) is 14.7. The SMILES string of the molecule is Cn1ccnc1-c1oncc1C(=O)O. The van der Waals surface area contributed by atoms with Crippen LogP contribution in [0.25, 0.3) is 11.6 Å². The van der Waals surface area contributed by atoms with Crippen LogP contribution in [0.15, 0.2) is 23.1 Å². The maximum atomic E-state index is 10.8. The van der Waals surface area contributed by atoms with E-state index in [1.807, 2.05) is 0 Å². The standard InChI is InChI=1S/C8H7N3O3/c1-11-3-2-9-7(11)6-5(8(12)13)4-10-14-6/h2-4H,1H3,(H,12,13). The Morgan fingerprint density at radius 2 is 2.43 bits per heavy atom. The fraction of sp³-hybridized carbons (Fsp3) is 0.125. The largest absolute Gasteiger partial charge is 0.477 e. The second-order valence-electron chi connectivity index (χ2n) is 2.74. The van der Waals surface area contributed by atoms with E-state index in [9.17, 15) is 4.79 Å². The second-order valence-corrected chi connectivity index (χ2v) is 2.74. The van der Waals surface area contributed by atoms with Gasteiger partial charge in [-0.2, -0.15) is 0 Å². The van der Waals surface area contributed by atoms with Gasteiger partial charge in [-0.25, -0.2) is 9.78 Å². The van der Waals surface area contributed by atoms with E-state index in [0.717, 1.165) is 6.20 Å². The van der Waals surface area contributed by atoms with Crippen molar-refractivity contribution in [2.45, 2.75) is 0 Å². The quantitative estimate of drug-likeness (QED) is 0.761. The highest BCUT2D eigenvalue weighted by Gasteiger charge is 2.19. The highest BCUT2D eigenvalue weighted by molar-refractivity contribution is 5.92. The summed E-state index contributed by atoms with van der Waals surface area (Å²) in [6.07, 6.45) is 4.42. The molecule has 0 unspecified atom stereocenters. The third kappa shape index (κ3) is 1.17. The summed E-state index contributed by atoms with van der Waals surface area (Å²) in [6, 6.07) is 0. The van der Waals surface area contributed by atoms with Crippen molar-refractivity contribution in [2.75, 3.05) is 0 Å². The summed E-state index contributed by atoms with van der Waals surface area (Å²) in [5.41, 5.74) is 0.0132. The molecule has 14 heavy (non-hydrogen) atoms. The Morgan fingerprint density at radius 1 is 1.64 bits per heavy atom. The highest BCUT2D eigenvalue weighted by atomic mass is 16.5. The predicted molar refractivity (Wildman–Crippen MR) is 45.7 cm³/mol. The molecule has 2 rings (SSSR count). The minimum atomic E-state index is -1.08. The first-order valence-corrected chi connectivity index (χ1v) is 3.86. The number of rotatable bonds is 2. The van der Waals surface area contributed by atoms with Gasteiger partial charge in [0.2, 0.25) is 5.76 Å². The number of carbonyl (C=O) groups is 1. The molecule has 0 aliphatic heterocycles. The molecule has 0 spiro atoms. The molecule has 2 aromatic heterocycles. The van der Waals surface area contributed by atoms with Gasteiger partial charge in [-0.05, 0) is 0 Å². The number of aromatic carboxylic acids is 1. The molecule has 2 aromatic rings. The van der Waals surface area contributed by atoms with Crippen molar-refractivity contribution in [3.8, 4) is 11.6 Å². The number of aromatic nitrogens is 3. The number of carboxylic acids is 1. The van der Waals surface area contributed by atoms with Crippen LogP contribution in [-0.4, -0.2) is 25.8 Å². The molecule has 0 amide bonds. The molecule has 0 bridgehead atoms. The maximum absolute atomic E-state index is 10.8. The maximum Gasteiger partial charge on any atom is 0.341 e. The summed E-state index contributed by atoms with van der Waals surface area (Å²) >= 11 is 0. The van der Waals surface area contributed by atoms with Gasteiger partial charge in [0.1, 0.15) is 5.56 Å². The van der Waals surface area contributed by atoms with Crippen LogP contribution in [0.1, 0.15) is 10.4 Å². The van der Waals surface area contributed by atoms with Crippen molar-refractivity contribution in [1.82, 2.24) is 14.7 Å². The van der Waals surface area contributed by atoms with Gasteiger partial charge in [-0.3, -0.25) is 0 Å². The molecule has 0 aliphatic rings. The summed E-state index contributed by atoms with van der Waals surface area (Å²) in [5.74, 6) is -0.464. The smallest absolute Gasteiger partial charge is 0.341 e. The van der Waals surface area contributed by atoms with E-state index < -0.39 is 5.97 Å². The average Bonchev–Trinajstić information content (AvgIpc) is 2.70. The molecular formula is C8H7N3O3. The Morgan fingerprint density at radius 3 is 3.00 bits per heavy atom. The first kappa shape index (κ1) is 8.49. The third-order valence-electron chi connectivity index (χ3n) is 1.83. The number of imidazole rings is 1. The van der Waals surface area contributed by atoms with Crippen molar-refractivity contribution in [3.05, 3.63) is 24.2 Å². The van der Waals surface area contributed by atoms with Crippen LogP contribution in [0.3, 0.4) is 0 Å². The van der Waals surface area contributed by atoms with E-state index in [2.05, 4.69) is 10.1 Å². The Kier molecular flexibility index (Phi) is 1.81.